The van der Waals surface area contributed by atoms with Gasteiger partial charge < -0.3 is 20.4 Å². The number of nitrogens with zero attached hydrogens (tertiary/aromatic N) is 3. The van der Waals surface area contributed by atoms with E-state index in [-0.39, 0.29) is 29.9 Å². The molecule has 1 saturated heterocycles. The van der Waals surface area contributed by atoms with E-state index >= 15 is 0 Å². The number of nitrogens with one attached hydrogen (secondary N) is 2. The molecule has 0 bridgehead atoms. The Morgan fingerprint density at radius 3 is 2.41 bits per heavy atom. The molecule has 2 aromatic carbocycles. The average Bonchev–Trinajstić information content (AvgIpc) is 2.83. The van der Waals surface area contributed by atoms with Gasteiger partial charge in [-0.2, -0.15) is 0 Å². The van der Waals surface area contributed by atoms with Crippen LogP contribution in [-0.4, -0.2) is 57.0 Å². The fraction of sp³-hybridized carbons (Fsp3) is 0.481. The molecule has 0 spiro atoms. The van der Waals surface area contributed by atoms with Crippen molar-refractivity contribution >= 4 is 41.5 Å². The number of hydrogen-bond donors (Lipinski definition) is 2. The first kappa shape index (κ1) is 28.0. The van der Waals surface area contributed by atoms with Gasteiger partial charge in [-0.15, -0.1) is 24.0 Å². The van der Waals surface area contributed by atoms with Crippen molar-refractivity contribution in [1.29, 1.82) is 0 Å². The molecule has 0 aliphatic carbocycles. The highest BCUT2D eigenvalue weighted by atomic mass is 127. The highest BCUT2D eigenvalue weighted by Crippen LogP contribution is 2.23. The minimum Gasteiger partial charge on any atom is -0.372 e. The van der Waals surface area contributed by atoms with Crippen molar-refractivity contribution in [3.05, 3.63) is 65.2 Å². The van der Waals surface area contributed by atoms with Crippen molar-refractivity contribution in [3.63, 3.8) is 0 Å². The number of carbonyl (C=O) groups excluding carboxylic acids is 1. The second-order valence-corrected chi connectivity index (χ2v) is 9.11. The SMILES string of the molecule is CCNC(=NCc1ccc(N2CCC(C)CC2)cc1)NCCc1cccc(C(=O)N(C)C)c1.I. The van der Waals surface area contributed by atoms with Crippen molar-refractivity contribution in [2.45, 2.75) is 39.7 Å². The zero-order valence-electron chi connectivity index (χ0n) is 21.0. The van der Waals surface area contributed by atoms with E-state index in [4.69, 9.17) is 4.99 Å². The van der Waals surface area contributed by atoms with E-state index < -0.39 is 0 Å². The number of anilines is 1. The van der Waals surface area contributed by atoms with Crippen LogP contribution in [0.3, 0.4) is 0 Å². The first-order valence-electron chi connectivity index (χ1n) is 12.1. The van der Waals surface area contributed by atoms with Crippen LogP contribution in [0.5, 0.6) is 0 Å². The lowest BCUT2D eigenvalue weighted by atomic mass is 9.99. The minimum absolute atomic E-state index is 0. The van der Waals surface area contributed by atoms with Crippen molar-refractivity contribution in [2.24, 2.45) is 10.9 Å². The molecule has 7 heteroatoms. The van der Waals surface area contributed by atoms with Crippen LogP contribution in [0.2, 0.25) is 0 Å². The molecule has 0 atom stereocenters. The number of carbonyl (C=O) groups is 1. The van der Waals surface area contributed by atoms with Gasteiger partial charge in [0.2, 0.25) is 0 Å². The Bertz CT molecular complexity index is 921. The number of halogens is 1. The lowest BCUT2D eigenvalue weighted by Crippen LogP contribution is -2.38. The molecule has 3 rings (SSSR count). The summed E-state index contributed by atoms with van der Waals surface area (Å²) in [7, 11) is 3.55. The van der Waals surface area contributed by atoms with Crippen molar-refractivity contribution < 1.29 is 4.79 Å². The minimum atomic E-state index is 0. The number of rotatable bonds is 8. The first-order chi connectivity index (χ1) is 16.0. The molecule has 1 aliphatic heterocycles. The number of amides is 1. The monoisotopic (exact) mass is 577 g/mol. The predicted molar refractivity (Wildman–Crippen MR) is 153 cm³/mol. The standard InChI is InChI=1S/C27H39N5O.HI/c1-5-28-27(29-16-13-22-7-6-8-24(19-22)26(33)31(3)4)30-20-23-9-11-25(12-10-23)32-17-14-21(2)15-18-32;/h6-12,19,21H,5,13-18,20H2,1-4H3,(H2,28,29,30);1H. The Labute approximate surface area is 222 Å². The summed E-state index contributed by atoms with van der Waals surface area (Å²) in [4.78, 5) is 21.0. The number of benzene rings is 2. The normalized spacial score (nSPS) is 14.4. The number of hydrogen-bond acceptors (Lipinski definition) is 3. The average molecular weight is 578 g/mol. The van der Waals surface area contributed by atoms with Crippen LogP contribution in [0, 0.1) is 5.92 Å². The van der Waals surface area contributed by atoms with Crippen LogP contribution in [0.15, 0.2) is 53.5 Å². The van der Waals surface area contributed by atoms with E-state index in [9.17, 15) is 4.79 Å². The molecule has 0 unspecified atom stereocenters. The van der Waals surface area contributed by atoms with Gasteiger partial charge in [-0.05, 0) is 67.5 Å². The first-order valence-corrected chi connectivity index (χ1v) is 12.1. The summed E-state index contributed by atoms with van der Waals surface area (Å²) in [6, 6.07) is 16.7. The van der Waals surface area contributed by atoms with Gasteiger partial charge in [0.05, 0.1) is 6.54 Å². The summed E-state index contributed by atoms with van der Waals surface area (Å²) >= 11 is 0. The lowest BCUT2D eigenvalue weighted by molar-refractivity contribution is 0.0827. The molecule has 0 aromatic heterocycles. The quantitative estimate of drug-likeness (QED) is 0.275. The van der Waals surface area contributed by atoms with Gasteiger partial charge in [0.25, 0.3) is 5.91 Å². The third-order valence-corrected chi connectivity index (χ3v) is 6.14. The Hall–Kier alpha value is -2.29. The largest absolute Gasteiger partial charge is 0.372 e. The fourth-order valence-electron chi connectivity index (χ4n) is 4.03. The zero-order valence-corrected chi connectivity index (χ0v) is 23.3. The second-order valence-electron chi connectivity index (χ2n) is 9.11. The van der Waals surface area contributed by atoms with Gasteiger partial charge in [-0.1, -0.05) is 31.2 Å². The van der Waals surface area contributed by atoms with Gasteiger partial charge >= 0.3 is 0 Å². The van der Waals surface area contributed by atoms with Gasteiger partial charge in [-0.3, -0.25) is 4.79 Å². The number of guanidine groups is 1. The summed E-state index contributed by atoms with van der Waals surface area (Å²) < 4.78 is 0. The molecule has 6 nitrogen and oxygen atoms in total. The summed E-state index contributed by atoms with van der Waals surface area (Å²) in [5, 5.41) is 6.73. The Kier molecular flexibility index (Phi) is 11.7. The predicted octanol–water partition coefficient (Wildman–Crippen LogP) is 4.54. The number of aliphatic imine (C=N–C) groups is 1. The molecule has 186 valence electrons. The van der Waals surface area contributed by atoms with Crippen LogP contribution < -0.4 is 15.5 Å². The molecular formula is C27H40IN5O. The maximum atomic E-state index is 12.2. The van der Waals surface area contributed by atoms with E-state index in [1.807, 2.05) is 18.2 Å². The van der Waals surface area contributed by atoms with E-state index in [1.165, 1.54) is 24.1 Å². The maximum absolute atomic E-state index is 12.2. The summed E-state index contributed by atoms with van der Waals surface area (Å²) in [5.41, 5.74) is 4.38. The van der Waals surface area contributed by atoms with Crippen LogP contribution in [0.4, 0.5) is 5.69 Å². The molecule has 34 heavy (non-hydrogen) atoms. The molecule has 0 saturated carbocycles. The smallest absolute Gasteiger partial charge is 0.253 e. The maximum Gasteiger partial charge on any atom is 0.253 e. The van der Waals surface area contributed by atoms with Gasteiger partial charge in [0.1, 0.15) is 0 Å². The molecule has 1 fully saturated rings. The molecule has 0 radical (unpaired) electrons. The zero-order chi connectivity index (χ0) is 23.6. The molecule has 2 aromatic rings. The van der Waals surface area contributed by atoms with E-state index in [0.717, 1.165) is 55.6 Å². The number of piperidine rings is 1. The molecular weight excluding hydrogens is 537 g/mol. The third-order valence-electron chi connectivity index (χ3n) is 6.14. The van der Waals surface area contributed by atoms with E-state index in [0.29, 0.717) is 6.54 Å². The van der Waals surface area contributed by atoms with Gasteiger partial charge in [0, 0.05) is 51.5 Å². The molecule has 1 heterocycles. The fourth-order valence-corrected chi connectivity index (χ4v) is 4.03. The van der Waals surface area contributed by atoms with E-state index in [2.05, 4.69) is 59.7 Å². The van der Waals surface area contributed by atoms with Gasteiger partial charge in [-0.25, -0.2) is 4.99 Å². The second kappa shape index (κ2) is 14.2. The molecule has 1 aliphatic rings. The van der Waals surface area contributed by atoms with Crippen LogP contribution in [0.1, 0.15) is 48.2 Å². The summed E-state index contributed by atoms with van der Waals surface area (Å²) in [6.07, 6.45) is 3.38. The highest BCUT2D eigenvalue weighted by molar-refractivity contribution is 14.0. The van der Waals surface area contributed by atoms with E-state index in [1.54, 1.807) is 19.0 Å². The Morgan fingerprint density at radius 2 is 1.76 bits per heavy atom. The lowest BCUT2D eigenvalue weighted by Gasteiger charge is -2.32. The summed E-state index contributed by atoms with van der Waals surface area (Å²) in [6.45, 7) is 8.92. The Morgan fingerprint density at radius 1 is 1.06 bits per heavy atom. The topological polar surface area (TPSA) is 60.0 Å². The van der Waals surface area contributed by atoms with Crippen molar-refractivity contribution in [1.82, 2.24) is 15.5 Å². The van der Waals surface area contributed by atoms with Gasteiger partial charge in [0.15, 0.2) is 5.96 Å². The van der Waals surface area contributed by atoms with Crippen molar-refractivity contribution in [2.75, 3.05) is 45.2 Å². The Balaban J connectivity index is 0.00000408. The van der Waals surface area contributed by atoms with Crippen LogP contribution in [0.25, 0.3) is 0 Å². The molecule has 2 N–H and O–H groups in total. The van der Waals surface area contributed by atoms with Crippen LogP contribution >= 0.6 is 24.0 Å². The van der Waals surface area contributed by atoms with Crippen LogP contribution in [-0.2, 0) is 13.0 Å². The third kappa shape index (κ3) is 8.49. The highest BCUT2D eigenvalue weighted by Gasteiger charge is 2.15. The van der Waals surface area contributed by atoms with Crippen molar-refractivity contribution in [3.8, 4) is 0 Å². The summed E-state index contributed by atoms with van der Waals surface area (Å²) in [5.74, 6) is 1.68. The molecule has 1 amide bonds.